The average Bonchev–Trinajstić information content (AvgIpc) is 2.41. The molecule has 0 aromatic carbocycles. The minimum Gasteiger partial charge on any atom is -0.516 e. The molecule has 0 radical (unpaired) electrons. The van der Waals surface area contributed by atoms with Gasteiger partial charge in [-0.1, -0.05) is 87.4 Å². The summed E-state index contributed by atoms with van der Waals surface area (Å²) in [5, 5.41) is 7.89. The maximum absolute atomic E-state index is 7.89. The second-order valence-electron chi connectivity index (χ2n) is 3.94. The molecule has 0 aliphatic carbocycles. The van der Waals surface area contributed by atoms with Crippen molar-refractivity contribution in [3.8, 4) is 0 Å². The fourth-order valence-electron chi connectivity index (χ4n) is 0.105. The molecule has 1 nitrogen and oxygen atoms in total. The van der Waals surface area contributed by atoms with E-state index >= 15 is 0 Å². The van der Waals surface area contributed by atoms with Gasteiger partial charge in [0.25, 0.3) is 0 Å². The lowest BCUT2D eigenvalue weighted by Crippen LogP contribution is -1.50. The van der Waals surface area contributed by atoms with Crippen molar-refractivity contribution in [2.75, 3.05) is 0 Å². The molecule has 20 heavy (non-hydrogen) atoms. The van der Waals surface area contributed by atoms with Crippen LogP contribution < -0.4 is 0 Å². The summed E-state index contributed by atoms with van der Waals surface area (Å²) in [5.41, 5.74) is 3.06. The quantitative estimate of drug-likeness (QED) is 0.446. The van der Waals surface area contributed by atoms with Crippen molar-refractivity contribution in [1.82, 2.24) is 0 Å². The predicted octanol–water partition coefficient (Wildman–Crippen LogP) is 6.71. The third-order valence-electron chi connectivity index (χ3n) is 1.39. The molecule has 0 bridgehead atoms. The molecule has 0 unspecified atom stereocenters. The Hall–Kier alpha value is -2.02. The zero-order valence-electron chi connectivity index (χ0n) is 13.8. The van der Waals surface area contributed by atoms with Crippen molar-refractivity contribution in [3.05, 3.63) is 86.8 Å². The molecule has 0 saturated heterocycles. The first-order valence-corrected chi connectivity index (χ1v) is 6.36. The predicted molar refractivity (Wildman–Crippen MR) is 97.1 cm³/mol. The Morgan fingerprint density at radius 1 is 0.800 bits per heavy atom. The van der Waals surface area contributed by atoms with Gasteiger partial charge in [0.2, 0.25) is 0 Å². The number of hydrogen-bond donors (Lipinski definition) is 1. The van der Waals surface area contributed by atoms with E-state index in [1.165, 1.54) is 0 Å². The lowest BCUT2D eigenvalue weighted by molar-refractivity contribution is 0.471. The first kappa shape index (κ1) is 26.5. The SMILES string of the molecule is C=CC(=C)C.C=CC(=C)C.C=CC(=C)C.CCC=CO. The number of aliphatic hydroxyl groups excluding tert-OH is 1. The van der Waals surface area contributed by atoms with Crippen molar-refractivity contribution in [1.29, 1.82) is 0 Å². The first-order valence-electron chi connectivity index (χ1n) is 6.36. The Kier molecular flexibility index (Phi) is 34.1. The molecule has 0 atom stereocenters. The Labute approximate surface area is 126 Å². The Morgan fingerprint density at radius 2 is 1.00 bits per heavy atom. The van der Waals surface area contributed by atoms with Crippen LogP contribution in [0.15, 0.2) is 86.8 Å². The number of hydrogen-bond acceptors (Lipinski definition) is 1. The average molecular weight is 276 g/mol. The summed E-state index contributed by atoms with van der Waals surface area (Å²) in [4.78, 5) is 0. The summed E-state index contributed by atoms with van der Waals surface area (Å²) in [7, 11) is 0. The number of rotatable bonds is 4. The fourth-order valence-corrected chi connectivity index (χ4v) is 0.105. The third kappa shape index (κ3) is 100. The smallest absolute Gasteiger partial charge is 0.0751 e. The van der Waals surface area contributed by atoms with Gasteiger partial charge in [0.15, 0.2) is 0 Å². The summed E-state index contributed by atoms with van der Waals surface area (Å²) in [6, 6.07) is 0. The first-order chi connectivity index (χ1) is 9.22. The third-order valence-corrected chi connectivity index (χ3v) is 1.39. The maximum Gasteiger partial charge on any atom is 0.0751 e. The highest BCUT2D eigenvalue weighted by Crippen LogP contribution is 1.81. The summed E-state index contributed by atoms with van der Waals surface area (Å²) in [6.07, 6.45) is 8.82. The van der Waals surface area contributed by atoms with E-state index in [1.54, 1.807) is 24.3 Å². The number of allylic oxidation sites excluding steroid dienone is 7. The molecule has 0 rings (SSSR count). The van der Waals surface area contributed by atoms with Crippen LogP contribution in [0.5, 0.6) is 0 Å². The molecule has 114 valence electrons. The van der Waals surface area contributed by atoms with Crippen molar-refractivity contribution in [2.45, 2.75) is 34.1 Å². The molecular formula is C19H32O. The topological polar surface area (TPSA) is 20.2 Å². The second-order valence-corrected chi connectivity index (χ2v) is 3.94. The van der Waals surface area contributed by atoms with E-state index in [9.17, 15) is 0 Å². The molecule has 0 heterocycles. The van der Waals surface area contributed by atoms with E-state index in [2.05, 4.69) is 39.5 Å². The van der Waals surface area contributed by atoms with Gasteiger partial charge in [-0.25, -0.2) is 0 Å². The maximum atomic E-state index is 7.89. The fraction of sp³-hybridized carbons (Fsp3) is 0.263. The highest BCUT2D eigenvalue weighted by molar-refractivity contribution is 5.06. The van der Waals surface area contributed by atoms with Gasteiger partial charge in [-0.3, -0.25) is 0 Å². The van der Waals surface area contributed by atoms with Crippen LogP contribution in [0.4, 0.5) is 0 Å². The van der Waals surface area contributed by atoms with Crippen LogP contribution in [0.1, 0.15) is 34.1 Å². The van der Waals surface area contributed by atoms with Crippen LogP contribution in [-0.4, -0.2) is 5.11 Å². The molecule has 0 aromatic heterocycles. The molecule has 0 aliphatic heterocycles. The summed E-state index contributed by atoms with van der Waals surface area (Å²) >= 11 is 0. The molecular weight excluding hydrogens is 244 g/mol. The van der Waals surface area contributed by atoms with E-state index in [0.29, 0.717) is 0 Å². The van der Waals surface area contributed by atoms with Gasteiger partial charge in [0.1, 0.15) is 0 Å². The summed E-state index contributed by atoms with van der Waals surface area (Å²) < 4.78 is 0. The van der Waals surface area contributed by atoms with Crippen molar-refractivity contribution >= 4 is 0 Å². The van der Waals surface area contributed by atoms with Crippen LogP contribution in [-0.2, 0) is 0 Å². The van der Waals surface area contributed by atoms with Crippen LogP contribution in [0, 0.1) is 0 Å². The second kappa shape index (κ2) is 25.7. The Balaban J connectivity index is -0.0000000853. The lowest BCUT2D eigenvalue weighted by Gasteiger charge is -1.71. The van der Waals surface area contributed by atoms with Crippen LogP contribution in [0.3, 0.4) is 0 Å². The van der Waals surface area contributed by atoms with Gasteiger partial charge in [0.05, 0.1) is 6.26 Å². The minimum absolute atomic E-state index is 0.913. The van der Waals surface area contributed by atoms with Gasteiger partial charge in [-0.2, -0.15) is 0 Å². The van der Waals surface area contributed by atoms with E-state index in [0.717, 1.165) is 29.4 Å². The van der Waals surface area contributed by atoms with Crippen molar-refractivity contribution < 1.29 is 5.11 Å². The van der Waals surface area contributed by atoms with Crippen LogP contribution in [0.2, 0.25) is 0 Å². The highest BCUT2D eigenvalue weighted by Gasteiger charge is 1.60. The van der Waals surface area contributed by atoms with E-state index < -0.39 is 0 Å². The summed E-state index contributed by atoms with van der Waals surface area (Å²) in [6.45, 7) is 28.7. The van der Waals surface area contributed by atoms with Crippen LogP contribution >= 0.6 is 0 Å². The van der Waals surface area contributed by atoms with Gasteiger partial charge >= 0.3 is 0 Å². The zero-order valence-corrected chi connectivity index (χ0v) is 13.8. The molecule has 0 amide bonds. The number of aliphatic hydroxyl groups is 1. The van der Waals surface area contributed by atoms with E-state index in [-0.39, 0.29) is 0 Å². The van der Waals surface area contributed by atoms with E-state index in [4.69, 9.17) is 5.11 Å². The van der Waals surface area contributed by atoms with Crippen molar-refractivity contribution in [3.63, 3.8) is 0 Å². The standard InChI is InChI=1S/3C5H8.C4H8O/c3*1-4-5(2)3;1-2-3-4-5/h3*4H,1-2H2,3H3;3-5H,2H2,1H3. The molecule has 0 fully saturated rings. The van der Waals surface area contributed by atoms with Gasteiger partial charge in [-0.15, -0.1) is 0 Å². The Bertz CT molecular complexity index is 274. The monoisotopic (exact) mass is 276 g/mol. The molecule has 0 saturated carbocycles. The van der Waals surface area contributed by atoms with Gasteiger partial charge in [0, 0.05) is 0 Å². The normalized spacial score (nSPS) is 7.40. The highest BCUT2D eigenvalue weighted by atomic mass is 16.2. The summed E-state index contributed by atoms with van der Waals surface area (Å²) in [5.74, 6) is 0. The van der Waals surface area contributed by atoms with Gasteiger partial charge in [-0.05, 0) is 27.2 Å². The minimum atomic E-state index is 0.913. The van der Waals surface area contributed by atoms with Gasteiger partial charge < -0.3 is 5.11 Å². The van der Waals surface area contributed by atoms with E-state index in [1.807, 2.05) is 27.7 Å². The molecule has 0 aliphatic rings. The lowest BCUT2D eigenvalue weighted by atomic mass is 10.4. The van der Waals surface area contributed by atoms with Crippen molar-refractivity contribution in [2.24, 2.45) is 0 Å². The molecule has 0 aromatic rings. The van der Waals surface area contributed by atoms with Crippen LogP contribution in [0.25, 0.3) is 0 Å². The molecule has 1 heteroatoms. The largest absolute Gasteiger partial charge is 0.516 e. The Morgan fingerprint density at radius 3 is 1.00 bits per heavy atom. The molecule has 1 N–H and O–H groups in total. The zero-order chi connectivity index (χ0) is 17.0. The molecule has 0 spiro atoms.